The maximum Gasteiger partial charge on any atom is 0.184 e. The second-order valence-electron chi connectivity index (χ2n) is 3.54. The summed E-state index contributed by atoms with van der Waals surface area (Å²) in [6.07, 6.45) is 3.62. The Morgan fingerprint density at radius 1 is 1.36 bits per heavy atom. The minimum Gasteiger partial charge on any atom is -0.315 e. The first kappa shape index (κ1) is 8.93. The molecular formula is C9H13N5. The molecule has 2 heterocycles. The van der Waals surface area contributed by atoms with Crippen molar-refractivity contribution in [3.63, 3.8) is 0 Å². The number of aromatic nitrogens is 5. The van der Waals surface area contributed by atoms with Crippen molar-refractivity contribution in [1.29, 1.82) is 0 Å². The zero-order valence-corrected chi connectivity index (χ0v) is 8.55. The summed E-state index contributed by atoms with van der Waals surface area (Å²) >= 11 is 0. The van der Waals surface area contributed by atoms with Gasteiger partial charge < -0.3 is 4.57 Å². The molecule has 0 amide bonds. The van der Waals surface area contributed by atoms with Crippen molar-refractivity contribution >= 4 is 0 Å². The molecule has 0 saturated heterocycles. The Bertz CT molecular complexity index is 426. The molecule has 5 nitrogen and oxygen atoms in total. The third kappa shape index (κ3) is 1.41. The molecule has 2 aromatic heterocycles. The zero-order chi connectivity index (χ0) is 10.1. The van der Waals surface area contributed by atoms with Gasteiger partial charge in [-0.1, -0.05) is 0 Å². The molecule has 0 unspecified atom stereocenters. The standard InChI is InChI=1S/C9H13N5/c1-7(2)14-5-4-8(12-14)9-11-10-6-13(9)3/h4-7H,1-3H3. The highest BCUT2D eigenvalue weighted by Gasteiger charge is 2.08. The fourth-order valence-electron chi connectivity index (χ4n) is 1.26. The van der Waals surface area contributed by atoms with Crippen LogP contribution in [0.5, 0.6) is 0 Å². The van der Waals surface area contributed by atoms with E-state index in [-0.39, 0.29) is 0 Å². The molecule has 0 spiro atoms. The molecule has 0 aliphatic heterocycles. The molecule has 0 aromatic carbocycles. The van der Waals surface area contributed by atoms with Crippen LogP contribution in [0.4, 0.5) is 0 Å². The van der Waals surface area contributed by atoms with E-state index in [0.717, 1.165) is 11.5 Å². The van der Waals surface area contributed by atoms with Crippen LogP contribution in [-0.4, -0.2) is 24.5 Å². The quantitative estimate of drug-likeness (QED) is 0.718. The van der Waals surface area contributed by atoms with Crippen LogP contribution >= 0.6 is 0 Å². The summed E-state index contributed by atoms with van der Waals surface area (Å²) in [7, 11) is 1.91. The van der Waals surface area contributed by atoms with Gasteiger partial charge in [0.2, 0.25) is 0 Å². The highest BCUT2D eigenvalue weighted by molar-refractivity contribution is 5.47. The second kappa shape index (κ2) is 3.25. The molecule has 0 aliphatic rings. The van der Waals surface area contributed by atoms with Gasteiger partial charge in [0.25, 0.3) is 0 Å². The monoisotopic (exact) mass is 191 g/mol. The molecule has 0 aliphatic carbocycles. The first-order chi connectivity index (χ1) is 6.68. The Hall–Kier alpha value is -1.65. The maximum atomic E-state index is 4.41. The molecule has 5 heteroatoms. The van der Waals surface area contributed by atoms with E-state index in [4.69, 9.17) is 0 Å². The van der Waals surface area contributed by atoms with Crippen LogP contribution < -0.4 is 0 Å². The average Bonchev–Trinajstić information content (AvgIpc) is 2.71. The van der Waals surface area contributed by atoms with Crippen LogP contribution in [0.2, 0.25) is 0 Å². The van der Waals surface area contributed by atoms with Gasteiger partial charge in [-0.3, -0.25) is 4.68 Å². The lowest BCUT2D eigenvalue weighted by atomic mass is 10.4. The summed E-state index contributed by atoms with van der Waals surface area (Å²) in [4.78, 5) is 0. The molecule has 0 bridgehead atoms. The molecule has 0 N–H and O–H groups in total. The van der Waals surface area contributed by atoms with Crippen molar-refractivity contribution in [2.45, 2.75) is 19.9 Å². The van der Waals surface area contributed by atoms with Gasteiger partial charge in [0.1, 0.15) is 12.0 Å². The Morgan fingerprint density at radius 2 is 2.14 bits per heavy atom. The maximum absolute atomic E-state index is 4.41. The fraction of sp³-hybridized carbons (Fsp3) is 0.444. The van der Waals surface area contributed by atoms with Crippen molar-refractivity contribution in [3.05, 3.63) is 18.6 Å². The lowest BCUT2D eigenvalue weighted by molar-refractivity contribution is 0.533. The van der Waals surface area contributed by atoms with Gasteiger partial charge in [0.05, 0.1) is 0 Å². The molecule has 0 fully saturated rings. The normalized spacial score (nSPS) is 11.1. The van der Waals surface area contributed by atoms with E-state index in [2.05, 4.69) is 29.1 Å². The van der Waals surface area contributed by atoms with Crippen LogP contribution in [0.1, 0.15) is 19.9 Å². The van der Waals surface area contributed by atoms with Gasteiger partial charge in [-0.2, -0.15) is 5.10 Å². The van der Waals surface area contributed by atoms with E-state index in [1.54, 1.807) is 6.33 Å². The summed E-state index contributed by atoms with van der Waals surface area (Å²) in [5.41, 5.74) is 0.860. The third-order valence-corrected chi connectivity index (χ3v) is 2.08. The molecule has 0 saturated carbocycles. The van der Waals surface area contributed by atoms with E-state index < -0.39 is 0 Å². The van der Waals surface area contributed by atoms with Gasteiger partial charge >= 0.3 is 0 Å². The van der Waals surface area contributed by atoms with Crippen molar-refractivity contribution in [2.75, 3.05) is 0 Å². The number of nitrogens with zero attached hydrogens (tertiary/aromatic N) is 5. The lowest BCUT2D eigenvalue weighted by Crippen LogP contribution is -2.01. The van der Waals surface area contributed by atoms with Crippen molar-refractivity contribution in [1.82, 2.24) is 24.5 Å². The van der Waals surface area contributed by atoms with Crippen LogP contribution in [0.25, 0.3) is 11.5 Å². The molecule has 14 heavy (non-hydrogen) atoms. The molecule has 0 atom stereocenters. The Kier molecular flexibility index (Phi) is 2.07. The highest BCUT2D eigenvalue weighted by atomic mass is 15.3. The number of hydrogen-bond acceptors (Lipinski definition) is 3. The Balaban J connectivity index is 2.39. The Morgan fingerprint density at radius 3 is 2.64 bits per heavy atom. The number of hydrogen-bond donors (Lipinski definition) is 0. The number of rotatable bonds is 2. The van der Waals surface area contributed by atoms with Crippen LogP contribution in [-0.2, 0) is 7.05 Å². The van der Waals surface area contributed by atoms with Gasteiger partial charge in [-0.15, -0.1) is 10.2 Å². The van der Waals surface area contributed by atoms with E-state index in [1.165, 1.54) is 0 Å². The fourth-order valence-corrected chi connectivity index (χ4v) is 1.26. The third-order valence-electron chi connectivity index (χ3n) is 2.08. The zero-order valence-electron chi connectivity index (χ0n) is 8.55. The lowest BCUT2D eigenvalue weighted by Gasteiger charge is -2.03. The summed E-state index contributed by atoms with van der Waals surface area (Å²) in [5.74, 6) is 0.796. The summed E-state index contributed by atoms with van der Waals surface area (Å²) in [6, 6.07) is 2.32. The van der Waals surface area contributed by atoms with Crippen molar-refractivity contribution in [3.8, 4) is 11.5 Å². The van der Waals surface area contributed by atoms with Crippen LogP contribution in [0.15, 0.2) is 18.6 Å². The number of aryl methyl sites for hydroxylation is 1. The topological polar surface area (TPSA) is 48.5 Å². The first-order valence-corrected chi connectivity index (χ1v) is 4.58. The molecule has 0 radical (unpaired) electrons. The van der Waals surface area contributed by atoms with E-state index in [0.29, 0.717) is 6.04 Å². The van der Waals surface area contributed by atoms with Crippen LogP contribution in [0.3, 0.4) is 0 Å². The van der Waals surface area contributed by atoms with Gasteiger partial charge in [-0.05, 0) is 19.9 Å². The average molecular weight is 191 g/mol. The molecule has 2 rings (SSSR count). The second-order valence-corrected chi connectivity index (χ2v) is 3.54. The Labute approximate surface area is 82.4 Å². The molecule has 2 aromatic rings. The molecule has 74 valence electrons. The molecular weight excluding hydrogens is 178 g/mol. The van der Waals surface area contributed by atoms with E-state index in [9.17, 15) is 0 Å². The first-order valence-electron chi connectivity index (χ1n) is 4.58. The van der Waals surface area contributed by atoms with Gasteiger partial charge in [0.15, 0.2) is 5.82 Å². The summed E-state index contributed by atoms with van der Waals surface area (Å²) in [5, 5.41) is 12.2. The summed E-state index contributed by atoms with van der Waals surface area (Å²) < 4.78 is 3.76. The predicted octanol–water partition coefficient (Wildman–Crippen LogP) is 1.26. The van der Waals surface area contributed by atoms with Crippen molar-refractivity contribution < 1.29 is 0 Å². The van der Waals surface area contributed by atoms with Gasteiger partial charge in [-0.25, -0.2) is 0 Å². The van der Waals surface area contributed by atoms with Crippen molar-refractivity contribution in [2.24, 2.45) is 7.05 Å². The SMILES string of the molecule is CC(C)n1ccc(-c2nncn2C)n1. The van der Waals surface area contributed by atoms with E-state index in [1.807, 2.05) is 28.6 Å². The van der Waals surface area contributed by atoms with E-state index >= 15 is 0 Å². The minimum atomic E-state index is 0.372. The van der Waals surface area contributed by atoms with Gasteiger partial charge in [0, 0.05) is 19.3 Å². The largest absolute Gasteiger partial charge is 0.315 e. The highest BCUT2D eigenvalue weighted by Crippen LogP contribution is 2.14. The van der Waals surface area contributed by atoms with Crippen LogP contribution in [0, 0.1) is 0 Å². The summed E-state index contributed by atoms with van der Waals surface area (Å²) in [6.45, 7) is 4.18. The smallest absolute Gasteiger partial charge is 0.184 e. The predicted molar refractivity (Wildman–Crippen MR) is 52.6 cm³/mol. The minimum absolute atomic E-state index is 0.372.